The topological polar surface area (TPSA) is 54.9 Å². The van der Waals surface area contributed by atoms with Gasteiger partial charge in [-0.3, -0.25) is 4.99 Å². The lowest BCUT2D eigenvalue weighted by atomic mass is 10.1. The van der Waals surface area contributed by atoms with Crippen LogP contribution in [-0.2, 0) is 29.2 Å². The first kappa shape index (κ1) is 22.6. The zero-order chi connectivity index (χ0) is 18.7. The van der Waals surface area contributed by atoms with Crippen molar-refractivity contribution in [2.45, 2.75) is 38.6 Å². The quantitative estimate of drug-likeness (QED) is 0.348. The number of rotatable bonds is 7. The molecule has 0 aromatic heterocycles. The van der Waals surface area contributed by atoms with Gasteiger partial charge in [0.2, 0.25) is 0 Å². The fourth-order valence-electron chi connectivity index (χ4n) is 3.07. The third-order valence-electron chi connectivity index (χ3n) is 4.63. The van der Waals surface area contributed by atoms with Gasteiger partial charge in [-0.2, -0.15) is 0 Å². The molecule has 2 N–H and O–H groups in total. The first-order chi connectivity index (χ1) is 13.3. The molecule has 6 heteroatoms. The minimum absolute atomic E-state index is 0. The number of aliphatic imine (C=N–C) groups is 1. The Bertz CT molecular complexity index is 719. The summed E-state index contributed by atoms with van der Waals surface area (Å²) in [5, 5.41) is 6.71. The van der Waals surface area contributed by atoms with Crippen LogP contribution in [0.4, 0.5) is 0 Å². The van der Waals surface area contributed by atoms with Crippen molar-refractivity contribution in [1.29, 1.82) is 0 Å². The zero-order valence-corrected chi connectivity index (χ0v) is 18.7. The summed E-state index contributed by atoms with van der Waals surface area (Å²) in [6.45, 7) is 3.74. The number of hydrogen-bond donors (Lipinski definition) is 2. The van der Waals surface area contributed by atoms with Gasteiger partial charge in [0, 0.05) is 33.4 Å². The normalized spacial score (nSPS) is 15.0. The Hall–Kier alpha value is -1.64. The first-order valence-corrected chi connectivity index (χ1v) is 9.59. The summed E-state index contributed by atoms with van der Waals surface area (Å²) in [5.74, 6) is 0.794. The molecule has 0 amide bonds. The van der Waals surface area contributed by atoms with Gasteiger partial charge >= 0.3 is 0 Å². The van der Waals surface area contributed by atoms with Gasteiger partial charge in [0.25, 0.3) is 0 Å². The van der Waals surface area contributed by atoms with Crippen LogP contribution in [0.15, 0.2) is 59.6 Å². The zero-order valence-electron chi connectivity index (χ0n) is 16.4. The van der Waals surface area contributed by atoms with Crippen LogP contribution in [0.1, 0.15) is 29.5 Å². The van der Waals surface area contributed by atoms with Crippen LogP contribution in [0.25, 0.3) is 0 Å². The van der Waals surface area contributed by atoms with Crippen molar-refractivity contribution < 1.29 is 9.47 Å². The number of hydrogen-bond acceptors (Lipinski definition) is 3. The molecular formula is C22H30IN3O2. The standard InChI is InChI=1S/C22H29N3O2.HI/c1-23-22(24-15-18-6-3-2-4-7-18)25-16-19-8-5-9-20(14-19)17-27-21-10-12-26-13-11-21;/h2-9,14,21H,10-13,15-17H2,1H3,(H2,23,24,25);1H. The molecule has 0 saturated carbocycles. The van der Waals surface area contributed by atoms with Gasteiger partial charge in [0.1, 0.15) is 0 Å². The number of guanidine groups is 1. The van der Waals surface area contributed by atoms with Crippen LogP contribution < -0.4 is 10.6 Å². The van der Waals surface area contributed by atoms with E-state index in [1.54, 1.807) is 7.05 Å². The second-order valence-corrected chi connectivity index (χ2v) is 6.71. The summed E-state index contributed by atoms with van der Waals surface area (Å²) in [6, 6.07) is 18.8. The Kier molecular flexibility index (Phi) is 10.3. The molecule has 1 fully saturated rings. The predicted molar refractivity (Wildman–Crippen MR) is 124 cm³/mol. The summed E-state index contributed by atoms with van der Waals surface area (Å²) in [5.41, 5.74) is 3.64. The van der Waals surface area contributed by atoms with Crippen molar-refractivity contribution >= 4 is 29.9 Å². The summed E-state index contributed by atoms with van der Waals surface area (Å²) in [7, 11) is 1.79. The maximum atomic E-state index is 6.02. The molecule has 1 aliphatic rings. The third kappa shape index (κ3) is 7.77. The molecule has 1 saturated heterocycles. The molecule has 5 nitrogen and oxygen atoms in total. The molecule has 0 bridgehead atoms. The van der Waals surface area contributed by atoms with Crippen molar-refractivity contribution in [3.05, 3.63) is 71.3 Å². The van der Waals surface area contributed by atoms with Crippen molar-refractivity contribution in [3.8, 4) is 0 Å². The van der Waals surface area contributed by atoms with E-state index in [4.69, 9.17) is 9.47 Å². The highest BCUT2D eigenvalue weighted by atomic mass is 127. The number of nitrogens with one attached hydrogen (secondary N) is 2. The van der Waals surface area contributed by atoms with Crippen LogP contribution in [0.5, 0.6) is 0 Å². The maximum absolute atomic E-state index is 6.02. The number of nitrogens with zero attached hydrogens (tertiary/aromatic N) is 1. The average molecular weight is 495 g/mol. The van der Waals surface area contributed by atoms with Gasteiger partial charge in [0.15, 0.2) is 5.96 Å². The fraction of sp³-hybridized carbons (Fsp3) is 0.409. The summed E-state index contributed by atoms with van der Waals surface area (Å²) in [4.78, 5) is 4.30. The average Bonchev–Trinajstić information content (AvgIpc) is 2.74. The number of ether oxygens (including phenoxy) is 2. The van der Waals surface area contributed by atoms with E-state index in [0.29, 0.717) is 12.7 Å². The van der Waals surface area contributed by atoms with E-state index in [2.05, 4.69) is 52.0 Å². The maximum Gasteiger partial charge on any atom is 0.191 e. The van der Waals surface area contributed by atoms with Gasteiger partial charge < -0.3 is 20.1 Å². The van der Waals surface area contributed by atoms with E-state index < -0.39 is 0 Å². The van der Waals surface area contributed by atoms with Crippen LogP contribution in [0, 0.1) is 0 Å². The molecule has 1 heterocycles. The first-order valence-electron chi connectivity index (χ1n) is 9.59. The molecule has 3 rings (SSSR count). The van der Waals surface area contributed by atoms with Crippen LogP contribution in [0.3, 0.4) is 0 Å². The van der Waals surface area contributed by atoms with Gasteiger partial charge in [-0.1, -0.05) is 54.6 Å². The highest BCUT2D eigenvalue weighted by Gasteiger charge is 2.14. The van der Waals surface area contributed by atoms with E-state index in [9.17, 15) is 0 Å². The van der Waals surface area contributed by atoms with Crippen LogP contribution >= 0.6 is 24.0 Å². The lowest BCUT2D eigenvalue weighted by Crippen LogP contribution is -2.36. The van der Waals surface area contributed by atoms with Crippen molar-refractivity contribution in [2.24, 2.45) is 4.99 Å². The van der Waals surface area contributed by atoms with E-state index in [1.807, 2.05) is 18.2 Å². The molecule has 28 heavy (non-hydrogen) atoms. The van der Waals surface area contributed by atoms with Gasteiger partial charge in [-0.15, -0.1) is 24.0 Å². The summed E-state index contributed by atoms with van der Waals surface area (Å²) >= 11 is 0. The molecule has 2 aromatic rings. The predicted octanol–water partition coefficient (Wildman–Crippen LogP) is 3.87. The van der Waals surface area contributed by atoms with E-state index >= 15 is 0 Å². The molecule has 0 unspecified atom stereocenters. The molecular weight excluding hydrogens is 465 g/mol. The molecule has 0 radical (unpaired) electrons. The summed E-state index contributed by atoms with van der Waals surface area (Å²) < 4.78 is 11.4. The second kappa shape index (κ2) is 12.7. The van der Waals surface area contributed by atoms with Gasteiger partial charge in [-0.25, -0.2) is 0 Å². The molecule has 0 atom stereocenters. The lowest BCUT2D eigenvalue weighted by Gasteiger charge is -2.22. The van der Waals surface area contributed by atoms with Crippen LogP contribution in [-0.4, -0.2) is 32.3 Å². The highest BCUT2D eigenvalue weighted by Crippen LogP contribution is 2.14. The Morgan fingerprint density at radius 3 is 2.32 bits per heavy atom. The van der Waals surface area contributed by atoms with Crippen molar-refractivity contribution in [2.75, 3.05) is 20.3 Å². The molecule has 0 spiro atoms. The fourth-order valence-corrected chi connectivity index (χ4v) is 3.07. The van der Waals surface area contributed by atoms with Gasteiger partial charge in [-0.05, 0) is 29.5 Å². The molecule has 152 valence electrons. The smallest absolute Gasteiger partial charge is 0.191 e. The Balaban J connectivity index is 0.00000280. The second-order valence-electron chi connectivity index (χ2n) is 6.71. The summed E-state index contributed by atoms with van der Waals surface area (Å²) in [6.07, 6.45) is 2.30. The Morgan fingerprint density at radius 2 is 1.61 bits per heavy atom. The Labute approximate surface area is 184 Å². The Morgan fingerprint density at radius 1 is 0.964 bits per heavy atom. The molecule has 2 aromatic carbocycles. The molecule has 1 aliphatic heterocycles. The SMILES string of the molecule is CN=C(NCc1ccccc1)NCc1cccc(COC2CCOCC2)c1.I. The van der Waals surface area contributed by atoms with Crippen LogP contribution in [0.2, 0.25) is 0 Å². The van der Waals surface area contributed by atoms with Crippen molar-refractivity contribution in [1.82, 2.24) is 10.6 Å². The minimum atomic E-state index is 0. The lowest BCUT2D eigenvalue weighted by molar-refractivity contribution is -0.0390. The minimum Gasteiger partial charge on any atom is -0.381 e. The molecule has 0 aliphatic carbocycles. The monoisotopic (exact) mass is 495 g/mol. The highest BCUT2D eigenvalue weighted by molar-refractivity contribution is 14.0. The number of benzene rings is 2. The van der Waals surface area contributed by atoms with E-state index in [1.165, 1.54) is 16.7 Å². The van der Waals surface area contributed by atoms with Gasteiger partial charge in [0.05, 0.1) is 12.7 Å². The van der Waals surface area contributed by atoms with Crippen molar-refractivity contribution in [3.63, 3.8) is 0 Å². The number of halogens is 1. The van der Waals surface area contributed by atoms with E-state index in [0.717, 1.165) is 45.1 Å². The van der Waals surface area contributed by atoms with E-state index in [-0.39, 0.29) is 24.0 Å². The third-order valence-corrected chi connectivity index (χ3v) is 4.63. The largest absolute Gasteiger partial charge is 0.381 e.